The van der Waals surface area contributed by atoms with Crippen LogP contribution in [0.1, 0.15) is 0 Å². The number of para-hydroxylation sites is 2. The molecule has 0 fully saturated rings. The fourth-order valence-electron chi connectivity index (χ4n) is 1.36. The molecule has 0 unspecified atom stereocenters. The summed E-state index contributed by atoms with van der Waals surface area (Å²) >= 11 is 0. The van der Waals surface area contributed by atoms with E-state index < -0.39 is 0 Å². The molecule has 2 aromatic rings. The van der Waals surface area contributed by atoms with Crippen molar-refractivity contribution in [3.63, 3.8) is 0 Å². The molecule has 0 amide bonds. The molecule has 2 rings (SSSR count). The summed E-state index contributed by atoms with van der Waals surface area (Å²) in [5.41, 5.74) is 2.19. The standard InChI is InChI=1S/C12H12N2/c13-14(11-7-3-1-4-8-11)12-9-5-2-6-10-12/h1-10H,13H2/p+1. The van der Waals surface area contributed by atoms with E-state index in [0.717, 1.165) is 11.4 Å². The average Bonchev–Trinajstić information content (AvgIpc) is 2.30. The molecule has 0 saturated heterocycles. The molecular formula is C12H13N2+. The van der Waals surface area contributed by atoms with Crippen LogP contribution in [0.5, 0.6) is 0 Å². The van der Waals surface area contributed by atoms with Crippen LogP contribution in [0.3, 0.4) is 0 Å². The van der Waals surface area contributed by atoms with Gasteiger partial charge in [0.15, 0.2) is 0 Å². The molecule has 70 valence electrons. The minimum Gasteiger partial charge on any atom is -0.250 e. The van der Waals surface area contributed by atoms with E-state index in [1.165, 1.54) is 0 Å². The Morgan fingerprint density at radius 1 is 0.643 bits per heavy atom. The van der Waals surface area contributed by atoms with E-state index in [2.05, 4.69) is 5.84 Å². The molecule has 0 bridgehead atoms. The van der Waals surface area contributed by atoms with E-state index in [0.29, 0.717) is 0 Å². The molecule has 14 heavy (non-hydrogen) atoms. The van der Waals surface area contributed by atoms with E-state index >= 15 is 0 Å². The second-order valence-corrected chi connectivity index (χ2v) is 3.10. The number of hydrogen-bond donors (Lipinski definition) is 1. The van der Waals surface area contributed by atoms with Gasteiger partial charge in [-0.15, -0.1) is 0 Å². The minimum atomic E-state index is 1.10. The first-order valence-corrected chi connectivity index (χ1v) is 4.58. The van der Waals surface area contributed by atoms with Crippen molar-refractivity contribution in [1.82, 2.24) is 0 Å². The number of anilines is 2. The van der Waals surface area contributed by atoms with E-state index in [9.17, 15) is 0 Å². The van der Waals surface area contributed by atoms with E-state index in [1.54, 1.807) is 0 Å². The second kappa shape index (κ2) is 3.94. The fraction of sp³-hybridized carbons (Fsp3) is 0. The Morgan fingerprint density at radius 3 is 1.36 bits per heavy atom. The summed E-state index contributed by atoms with van der Waals surface area (Å²) < 4.78 is 0. The normalized spacial score (nSPS) is 9.79. The van der Waals surface area contributed by atoms with E-state index in [-0.39, 0.29) is 0 Å². The summed E-state index contributed by atoms with van der Waals surface area (Å²) in [4.78, 5) is 0. The molecule has 0 aliphatic heterocycles. The van der Waals surface area contributed by atoms with Crippen molar-refractivity contribution in [2.75, 3.05) is 5.01 Å². The summed E-state index contributed by atoms with van der Waals surface area (Å²) in [5, 5.41) is 1.92. The Morgan fingerprint density at radius 2 is 1.00 bits per heavy atom. The van der Waals surface area contributed by atoms with Gasteiger partial charge >= 0.3 is 0 Å². The van der Waals surface area contributed by atoms with Gasteiger partial charge in [0.25, 0.3) is 0 Å². The third kappa shape index (κ3) is 1.75. The van der Waals surface area contributed by atoms with Crippen molar-refractivity contribution in [2.24, 2.45) is 0 Å². The van der Waals surface area contributed by atoms with Crippen LogP contribution < -0.4 is 10.9 Å². The third-order valence-electron chi connectivity index (χ3n) is 2.14. The van der Waals surface area contributed by atoms with E-state index in [4.69, 9.17) is 0 Å². The van der Waals surface area contributed by atoms with Gasteiger partial charge in [-0.2, -0.15) is 5.01 Å². The van der Waals surface area contributed by atoms with Crippen LogP contribution in [0.4, 0.5) is 11.4 Å². The summed E-state index contributed by atoms with van der Waals surface area (Å²) in [5.74, 6) is 4.01. The highest BCUT2D eigenvalue weighted by Crippen LogP contribution is 2.18. The van der Waals surface area contributed by atoms with Crippen LogP contribution in [-0.4, -0.2) is 0 Å². The van der Waals surface area contributed by atoms with Crippen molar-refractivity contribution >= 4 is 11.4 Å². The number of hydrogen-bond acceptors (Lipinski definition) is 1. The second-order valence-electron chi connectivity index (χ2n) is 3.10. The van der Waals surface area contributed by atoms with Crippen LogP contribution in [0, 0.1) is 0 Å². The highest BCUT2D eigenvalue weighted by Gasteiger charge is 2.04. The topological polar surface area (TPSA) is 30.9 Å². The zero-order valence-electron chi connectivity index (χ0n) is 7.93. The summed E-state index contributed by atoms with van der Waals surface area (Å²) in [6.45, 7) is 0. The highest BCUT2D eigenvalue weighted by atomic mass is 15.4. The predicted molar refractivity (Wildman–Crippen MR) is 57.9 cm³/mol. The van der Waals surface area contributed by atoms with Crippen molar-refractivity contribution in [3.8, 4) is 0 Å². The molecule has 0 radical (unpaired) electrons. The van der Waals surface area contributed by atoms with Crippen LogP contribution in [0.15, 0.2) is 60.7 Å². The van der Waals surface area contributed by atoms with Gasteiger partial charge in [-0.05, 0) is 24.3 Å². The monoisotopic (exact) mass is 185 g/mol. The average molecular weight is 185 g/mol. The number of quaternary nitrogens is 1. The molecule has 3 N–H and O–H groups in total. The van der Waals surface area contributed by atoms with Gasteiger partial charge < -0.3 is 0 Å². The molecule has 2 nitrogen and oxygen atoms in total. The molecule has 0 spiro atoms. The molecule has 0 atom stereocenters. The van der Waals surface area contributed by atoms with Crippen molar-refractivity contribution in [1.29, 1.82) is 0 Å². The molecule has 0 aromatic heterocycles. The highest BCUT2D eigenvalue weighted by molar-refractivity contribution is 5.58. The lowest BCUT2D eigenvalue weighted by Crippen LogP contribution is -2.65. The summed E-state index contributed by atoms with van der Waals surface area (Å²) in [6, 6.07) is 20.2. The maximum absolute atomic E-state index is 4.01. The molecule has 2 heteroatoms. The van der Waals surface area contributed by atoms with Gasteiger partial charge in [0, 0.05) is 0 Å². The van der Waals surface area contributed by atoms with Crippen molar-refractivity contribution < 1.29 is 5.84 Å². The molecule has 0 saturated carbocycles. The zero-order chi connectivity index (χ0) is 9.80. The Kier molecular flexibility index (Phi) is 2.47. The Bertz CT molecular complexity index is 344. The molecule has 2 aromatic carbocycles. The van der Waals surface area contributed by atoms with Crippen molar-refractivity contribution in [2.45, 2.75) is 0 Å². The minimum absolute atomic E-state index is 1.10. The molecule has 0 heterocycles. The SMILES string of the molecule is [NH3+]N(c1ccccc1)c1ccccc1. The predicted octanol–water partition coefficient (Wildman–Crippen LogP) is 1.98. The largest absolute Gasteiger partial charge is 0.250 e. The molecule has 0 aliphatic rings. The van der Waals surface area contributed by atoms with Gasteiger partial charge in [0.05, 0.1) is 11.4 Å². The maximum Gasteiger partial charge on any atom is 0.0938 e. The number of nitrogens with zero attached hydrogens (tertiary/aromatic N) is 1. The summed E-state index contributed by atoms with van der Waals surface area (Å²) in [7, 11) is 0. The van der Waals surface area contributed by atoms with Crippen LogP contribution >= 0.6 is 0 Å². The van der Waals surface area contributed by atoms with Gasteiger partial charge in [-0.25, -0.2) is 0 Å². The molecular weight excluding hydrogens is 172 g/mol. The molecule has 0 aliphatic carbocycles. The third-order valence-corrected chi connectivity index (χ3v) is 2.14. The van der Waals surface area contributed by atoms with Gasteiger partial charge in [-0.3, -0.25) is 5.84 Å². The maximum atomic E-state index is 4.01. The Balaban J connectivity index is 2.30. The first-order valence-electron chi connectivity index (χ1n) is 4.58. The summed E-state index contributed by atoms with van der Waals surface area (Å²) in [6.07, 6.45) is 0. The number of rotatable bonds is 2. The van der Waals surface area contributed by atoms with Gasteiger partial charge in [-0.1, -0.05) is 36.4 Å². The van der Waals surface area contributed by atoms with E-state index in [1.807, 2.05) is 65.7 Å². The lowest BCUT2D eigenvalue weighted by molar-refractivity contribution is -0.371. The quantitative estimate of drug-likeness (QED) is 0.712. The Labute approximate surface area is 83.6 Å². The lowest BCUT2D eigenvalue weighted by Gasteiger charge is -2.14. The fourth-order valence-corrected chi connectivity index (χ4v) is 1.36. The lowest BCUT2D eigenvalue weighted by atomic mass is 10.2. The van der Waals surface area contributed by atoms with Gasteiger partial charge in [0.2, 0.25) is 0 Å². The van der Waals surface area contributed by atoms with Crippen LogP contribution in [0.2, 0.25) is 0 Å². The zero-order valence-corrected chi connectivity index (χ0v) is 7.93. The van der Waals surface area contributed by atoms with Crippen molar-refractivity contribution in [3.05, 3.63) is 60.7 Å². The smallest absolute Gasteiger partial charge is 0.0938 e. The van der Waals surface area contributed by atoms with Gasteiger partial charge in [0.1, 0.15) is 0 Å². The van der Waals surface area contributed by atoms with Crippen LogP contribution in [-0.2, 0) is 0 Å². The Hall–Kier alpha value is -1.80. The van der Waals surface area contributed by atoms with Crippen LogP contribution in [0.25, 0.3) is 0 Å². The number of benzene rings is 2. The first kappa shape index (κ1) is 8.78. The first-order chi connectivity index (χ1) is 6.88.